The van der Waals surface area contributed by atoms with Gasteiger partial charge in [-0.2, -0.15) is 0 Å². The molecule has 204 valence electrons. The molecule has 2 fully saturated rings. The summed E-state index contributed by atoms with van der Waals surface area (Å²) < 4.78 is 35.2. The van der Waals surface area contributed by atoms with Crippen molar-refractivity contribution in [3.63, 3.8) is 0 Å². The van der Waals surface area contributed by atoms with E-state index in [4.69, 9.17) is 12.9 Å². The molecule has 0 aliphatic heterocycles. The van der Waals surface area contributed by atoms with Gasteiger partial charge in [0.15, 0.2) is 0 Å². The van der Waals surface area contributed by atoms with Crippen LogP contribution in [-0.4, -0.2) is 12.3 Å². The first-order valence-corrected chi connectivity index (χ1v) is 17.1. The van der Waals surface area contributed by atoms with E-state index in [9.17, 15) is 0 Å². The Morgan fingerprint density at radius 2 is 1.27 bits per heavy atom. The zero-order valence-corrected chi connectivity index (χ0v) is 24.7. The average Bonchev–Trinajstić information content (AvgIpc) is 3.25. The SMILES string of the molecule is CC1(C)C2CCC1(CP(=O)(c1ccccc1)c1ccccc1)C(Op1oc3ccccc3c3ccccc3o1)C2. The molecule has 0 amide bonds. The van der Waals surface area contributed by atoms with Gasteiger partial charge in [0.25, 0.3) is 0 Å². The van der Waals surface area contributed by atoms with Crippen LogP contribution in [0.2, 0.25) is 0 Å². The van der Waals surface area contributed by atoms with Crippen LogP contribution in [0.3, 0.4) is 0 Å². The van der Waals surface area contributed by atoms with Crippen LogP contribution in [0.1, 0.15) is 33.1 Å². The van der Waals surface area contributed by atoms with Gasteiger partial charge in [-0.15, -0.1) is 0 Å². The van der Waals surface area contributed by atoms with Crippen LogP contribution in [0.15, 0.2) is 118 Å². The Hall–Kier alpha value is -3.03. The lowest BCUT2D eigenvalue weighted by molar-refractivity contribution is 0.0573. The van der Waals surface area contributed by atoms with Crippen molar-refractivity contribution < 1.29 is 17.5 Å². The Labute approximate surface area is 236 Å². The predicted molar refractivity (Wildman–Crippen MR) is 165 cm³/mol. The number of para-hydroxylation sites is 2. The van der Waals surface area contributed by atoms with Crippen molar-refractivity contribution in [2.45, 2.75) is 39.2 Å². The minimum absolute atomic E-state index is 0.0338. The van der Waals surface area contributed by atoms with Crippen LogP contribution in [0.4, 0.5) is 0 Å². The molecule has 2 bridgehead atoms. The van der Waals surface area contributed by atoms with Gasteiger partial charge in [-0.25, -0.2) is 0 Å². The highest BCUT2D eigenvalue weighted by atomic mass is 31.2. The summed E-state index contributed by atoms with van der Waals surface area (Å²) in [5.74, 6) is 0.499. The predicted octanol–water partition coefficient (Wildman–Crippen LogP) is 8.93. The number of rotatable bonds is 6. The third kappa shape index (κ3) is 4.04. The molecule has 0 N–H and O–H groups in total. The second-order valence-electron chi connectivity index (χ2n) is 11.9. The molecule has 2 saturated carbocycles. The molecule has 7 rings (SSSR count). The molecule has 3 unspecified atom stereocenters. The van der Waals surface area contributed by atoms with Gasteiger partial charge in [0, 0.05) is 33.0 Å². The third-order valence-corrected chi connectivity index (χ3v) is 14.2. The maximum absolute atomic E-state index is 15.4. The molecule has 0 saturated heterocycles. The fourth-order valence-corrected chi connectivity index (χ4v) is 12.2. The Morgan fingerprint density at radius 1 is 0.775 bits per heavy atom. The fourth-order valence-electron chi connectivity index (χ4n) is 7.45. The van der Waals surface area contributed by atoms with Crippen molar-refractivity contribution >= 4 is 47.9 Å². The largest absolute Gasteiger partial charge is 0.399 e. The summed E-state index contributed by atoms with van der Waals surface area (Å²) in [7, 11) is -4.68. The van der Waals surface area contributed by atoms with Crippen molar-refractivity contribution in [2.24, 2.45) is 16.7 Å². The molecule has 6 heteroatoms. The monoisotopic (exact) mass is 568 g/mol. The van der Waals surface area contributed by atoms with E-state index in [2.05, 4.69) is 26.0 Å². The summed E-state index contributed by atoms with van der Waals surface area (Å²) >= 11 is 0. The molecular formula is C34H34O4P2. The van der Waals surface area contributed by atoms with Crippen molar-refractivity contribution in [1.29, 1.82) is 0 Å². The zero-order chi connectivity index (χ0) is 27.4. The zero-order valence-electron chi connectivity index (χ0n) is 22.9. The lowest BCUT2D eigenvalue weighted by Gasteiger charge is -2.44. The summed E-state index contributed by atoms with van der Waals surface area (Å²) in [6.07, 6.45) is 3.48. The quantitative estimate of drug-likeness (QED) is 0.192. The molecular weight excluding hydrogens is 534 g/mol. The Morgan fingerprint density at radius 3 is 1.80 bits per heavy atom. The molecule has 0 radical (unpaired) electrons. The number of fused-ring (bicyclic) bond motifs is 5. The van der Waals surface area contributed by atoms with Gasteiger partial charge in [-0.3, -0.25) is 4.52 Å². The van der Waals surface area contributed by atoms with E-state index < -0.39 is 15.4 Å². The normalized spacial score (nSPS) is 23.6. The number of benzene rings is 4. The van der Waals surface area contributed by atoms with Gasteiger partial charge in [-0.05, 0) is 42.7 Å². The van der Waals surface area contributed by atoms with Gasteiger partial charge < -0.3 is 13.0 Å². The first-order chi connectivity index (χ1) is 19.4. The molecule has 1 heterocycles. The van der Waals surface area contributed by atoms with E-state index in [1.807, 2.05) is 97.1 Å². The Balaban J connectivity index is 1.36. The number of hydrogen-bond donors (Lipinski definition) is 0. The molecule has 1 aromatic heterocycles. The van der Waals surface area contributed by atoms with Crippen LogP contribution in [0, 0.1) is 16.7 Å². The lowest BCUT2D eigenvalue weighted by atomic mass is 9.70. The van der Waals surface area contributed by atoms with Crippen LogP contribution >= 0.6 is 15.4 Å². The Kier molecular flexibility index (Phi) is 6.35. The topological polar surface area (TPSA) is 52.6 Å². The lowest BCUT2D eigenvalue weighted by Crippen LogP contribution is -2.46. The summed E-state index contributed by atoms with van der Waals surface area (Å²) in [5, 5.41) is 3.84. The first kappa shape index (κ1) is 25.9. The highest BCUT2D eigenvalue weighted by molar-refractivity contribution is 7.78. The van der Waals surface area contributed by atoms with Gasteiger partial charge in [0.1, 0.15) is 18.3 Å². The van der Waals surface area contributed by atoms with Gasteiger partial charge in [0.05, 0.1) is 6.10 Å². The average molecular weight is 569 g/mol. The molecule has 4 nitrogen and oxygen atoms in total. The maximum atomic E-state index is 15.4. The highest BCUT2D eigenvalue weighted by Gasteiger charge is 2.66. The van der Waals surface area contributed by atoms with E-state index in [0.29, 0.717) is 12.1 Å². The molecule has 40 heavy (non-hydrogen) atoms. The number of hydrogen-bond acceptors (Lipinski definition) is 4. The maximum Gasteiger partial charge on any atom is 0.387 e. The van der Waals surface area contributed by atoms with Gasteiger partial charge in [-0.1, -0.05) is 111 Å². The summed E-state index contributed by atoms with van der Waals surface area (Å²) in [5.41, 5.74) is 1.23. The van der Waals surface area contributed by atoms with Crippen LogP contribution < -0.4 is 15.1 Å². The van der Waals surface area contributed by atoms with Crippen molar-refractivity contribution in [1.82, 2.24) is 0 Å². The van der Waals surface area contributed by atoms with Crippen molar-refractivity contribution in [2.75, 3.05) is 6.16 Å². The molecule has 5 aromatic rings. The molecule has 2 aliphatic carbocycles. The van der Waals surface area contributed by atoms with E-state index in [1.165, 1.54) is 0 Å². The fraction of sp³-hybridized carbons (Fsp3) is 0.294. The summed E-state index contributed by atoms with van der Waals surface area (Å²) in [6.45, 7) is 4.72. The molecule has 0 spiro atoms. The van der Waals surface area contributed by atoms with Crippen molar-refractivity contribution in [3.05, 3.63) is 109 Å². The first-order valence-electron chi connectivity index (χ1n) is 14.1. The summed E-state index contributed by atoms with van der Waals surface area (Å²) in [6, 6.07) is 36.2. The van der Waals surface area contributed by atoms with Crippen LogP contribution in [0.25, 0.3) is 21.9 Å². The highest BCUT2D eigenvalue weighted by Crippen LogP contribution is 2.70. The minimum Gasteiger partial charge on any atom is -0.399 e. The van der Waals surface area contributed by atoms with Crippen molar-refractivity contribution in [3.8, 4) is 0 Å². The van der Waals surface area contributed by atoms with E-state index in [0.717, 1.165) is 51.8 Å². The third-order valence-electron chi connectivity index (χ3n) is 9.83. The standard InChI is InChI=1S/C34H34O4P2/c1-33(2)25-21-22-34(33,24-40(35,26-13-5-3-6-14-26)27-15-7-4-8-16-27)32(23-25)38-39-36-30-19-11-9-17-28(30)29-18-10-12-20-31(29)37-39/h3-20,25,32H,21-24H2,1-2H3. The van der Waals surface area contributed by atoms with Crippen LogP contribution in [-0.2, 0) is 4.57 Å². The smallest absolute Gasteiger partial charge is 0.387 e. The second-order valence-corrected chi connectivity index (χ2v) is 15.8. The van der Waals surface area contributed by atoms with E-state index >= 15 is 4.57 Å². The van der Waals surface area contributed by atoms with Gasteiger partial charge >= 0.3 is 8.24 Å². The van der Waals surface area contributed by atoms with E-state index in [1.54, 1.807) is 0 Å². The molecule has 3 atom stereocenters. The Bertz CT molecular complexity index is 1660. The minimum atomic E-state index is -2.97. The molecule has 4 aromatic carbocycles. The summed E-state index contributed by atoms with van der Waals surface area (Å²) in [4.78, 5) is 0. The van der Waals surface area contributed by atoms with Gasteiger partial charge in [0.2, 0.25) is 0 Å². The van der Waals surface area contributed by atoms with Crippen LogP contribution in [0.5, 0.6) is 0 Å². The second kappa shape index (κ2) is 9.81. The molecule has 2 aliphatic rings. The van der Waals surface area contributed by atoms with E-state index in [-0.39, 0.29) is 16.9 Å².